The standard InChI is InChI=1S/C10H18N2O2/c1-10(2,3)14-9(13)12-5-4-11-7-6-8(7)12/h7-8,11H,4-6H2,1-3H3/t7-,8-/m1/s1. The predicted octanol–water partition coefficient (Wildman–Crippen LogP) is 0.968. The summed E-state index contributed by atoms with van der Waals surface area (Å²) >= 11 is 0. The summed E-state index contributed by atoms with van der Waals surface area (Å²) in [5, 5.41) is 3.35. The van der Waals surface area contributed by atoms with Crippen molar-refractivity contribution in [2.75, 3.05) is 13.1 Å². The zero-order chi connectivity index (χ0) is 10.3. The van der Waals surface area contributed by atoms with Crippen molar-refractivity contribution in [1.82, 2.24) is 10.2 Å². The maximum Gasteiger partial charge on any atom is 0.410 e. The molecule has 2 rings (SSSR count). The Morgan fingerprint density at radius 3 is 2.86 bits per heavy atom. The molecule has 1 aliphatic heterocycles. The Hall–Kier alpha value is -0.770. The van der Waals surface area contributed by atoms with Gasteiger partial charge in [0, 0.05) is 19.1 Å². The van der Waals surface area contributed by atoms with Gasteiger partial charge in [0.2, 0.25) is 0 Å². The van der Waals surface area contributed by atoms with Crippen molar-refractivity contribution in [3.8, 4) is 0 Å². The van der Waals surface area contributed by atoms with E-state index in [-0.39, 0.29) is 11.7 Å². The third-order valence-electron chi connectivity index (χ3n) is 2.54. The second-order valence-corrected chi connectivity index (χ2v) is 5.04. The van der Waals surface area contributed by atoms with E-state index in [0.29, 0.717) is 12.1 Å². The number of fused-ring (bicyclic) bond motifs is 1. The Balaban J connectivity index is 1.91. The molecule has 1 saturated heterocycles. The highest BCUT2D eigenvalue weighted by molar-refractivity contribution is 5.69. The molecule has 0 aromatic carbocycles. The molecule has 2 atom stereocenters. The van der Waals surface area contributed by atoms with Crippen molar-refractivity contribution in [2.45, 2.75) is 44.9 Å². The van der Waals surface area contributed by atoms with E-state index >= 15 is 0 Å². The van der Waals surface area contributed by atoms with Crippen LogP contribution in [0.15, 0.2) is 0 Å². The number of rotatable bonds is 0. The van der Waals surface area contributed by atoms with Gasteiger partial charge in [-0.05, 0) is 27.2 Å². The van der Waals surface area contributed by atoms with Crippen molar-refractivity contribution in [1.29, 1.82) is 0 Å². The van der Waals surface area contributed by atoms with E-state index in [2.05, 4.69) is 5.32 Å². The van der Waals surface area contributed by atoms with Crippen molar-refractivity contribution >= 4 is 6.09 Å². The number of nitrogens with one attached hydrogen (secondary N) is 1. The van der Waals surface area contributed by atoms with Crippen LogP contribution in [0.4, 0.5) is 4.79 Å². The average molecular weight is 198 g/mol. The first-order valence-corrected chi connectivity index (χ1v) is 5.20. The lowest BCUT2D eigenvalue weighted by Crippen LogP contribution is -2.48. The normalized spacial score (nSPS) is 30.9. The van der Waals surface area contributed by atoms with Crippen LogP contribution in [-0.2, 0) is 4.74 Å². The van der Waals surface area contributed by atoms with Crippen LogP contribution < -0.4 is 5.32 Å². The maximum atomic E-state index is 11.7. The maximum absolute atomic E-state index is 11.7. The third kappa shape index (κ3) is 2.00. The smallest absolute Gasteiger partial charge is 0.410 e. The molecule has 0 aromatic heterocycles. The number of piperazine rings is 1. The molecular formula is C10H18N2O2. The van der Waals surface area contributed by atoms with E-state index in [1.807, 2.05) is 25.7 Å². The summed E-state index contributed by atoms with van der Waals surface area (Å²) in [7, 11) is 0. The number of hydrogen-bond acceptors (Lipinski definition) is 3. The minimum atomic E-state index is -0.383. The van der Waals surface area contributed by atoms with Gasteiger partial charge in [-0.15, -0.1) is 0 Å². The number of carbonyl (C=O) groups excluding carboxylic acids is 1. The van der Waals surface area contributed by atoms with Crippen LogP contribution in [0.1, 0.15) is 27.2 Å². The summed E-state index contributed by atoms with van der Waals surface area (Å²) < 4.78 is 5.33. The van der Waals surface area contributed by atoms with Gasteiger partial charge in [0.25, 0.3) is 0 Å². The molecule has 0 unspecified atom stereocenters. The first kappa shape index (κ1) is 9.77. The van der Waals surface area contributed by atoms with Crippen molar-refractivity contribution in [3.05, 3.63) is 0 Å². The molecule has 4 heteroatoms. The Morgan fingerprint density at radius 2 is 2.21 bits per heavy atom. The molecule has 0 radical (unpaired) electrons. The van der Waals surface area contributed by atoms with Crippen LogP contribution in [0.2, 0.25) is 0 Å². The van der Waals surface area contributed by atoms with E-state index < -0.39 is 0 Å². The fraction of sp³-hybridized carbons (Fsp3) is 0.900. The molecule has 0 spiro atoms. The largest absolute Gasteiger partial charge is 0.444 e. The molecule has 1 N–H and O–H groups in total. The lowest BCUT2D eigenvalue weighted by Gasteiger charge is -2.30. The number of hydrogen-bond donors (Lipinski definition) is 1. The molecule has 4 nitrogen and oxygen atoms in total. The first-order chi connectivity index (χ1) is 6.47. The highest BCUT2D eigenvalue weighted by atomic mass is 16.6. The summed E-state index contributed by atoms with van der Waals surface area (Å²) in [6.07, 6.45) is 0.922. The summed E-state index contributed by atoms with van der Waals surface area (Å²) in [6, 6.07) is 0.912. The molecule has 2 aliphatic rings. The molecule has 80 valence electrons. The Labute approximate surface area is 84.6 Å². The zero-order valence-electron chi connectivity index (χ0n) is 9.04. The molecule has 0 aromatic rings. The zero-order valence-corrected chi connectivity index (χ0v) is 9.04. The molecule has 1 heterocycles. The average Bonchev–Trinajstić information content (AvgIpc) is 2.77. The molecule has 14 heavy (non-hydrogen) atoms. The van der Waals surface area contributed by atoms with E-state index in [1.165, 1.54) is 0 Å². The van der Waals surface area contributed by atoms with Gasteiger partial charge in [-0.25, -0.2) is 4.79 Å². The van der Waals surface area contributed by atoms with Crippen molar-refractivity contribution in [2.24, 2.45) is 0 Å². The SMILES string of the molecule is CC(C)(C)OC(=O)N1CCN[C@@H]2C[C@H]21. The Kier molecular flexibility index (Phi) is 2.18. The van der Waals surface area contributed by atoms with Gasteiger partial charge >= 0.3 is 6.09 Å². The Bertz CT molecular complexity index is 247. The van der Waals surface area contributed by atoms with Crippen LogP contribution in [-0.4, -0.2) is 41.8 Å². The van der Waals surface area contributed by atoms with Crippen molar-refractivity contribution in [3.63, 3.8) is 0 Å². The summed E-state index contributed by atoms with van der Waals surface area (Å²) in [4.78, 5) is 13.6. The van der Waals surface area contributed by atoms with Gasteiger partial charge in [0.05, 0.1) is 6.04 Å². The number of amides is 1. The second-order valence-electron chi connectivity index (χ2n) is 5.04. The number of ether oxygens (including phenoxy) is 1. The fourth-order valence-corrected chi connectivity index (χ4v) is 1.83. The topological polar surface area (TPSA) is 41.6 Å². The van der Waals surface area contributed by atoms with Gasteiger partial charge in [0.15, 0.2) is 0 Å². The Morgan fingerprint density at radius 1 is 1.50 bits per heavy atom. The third-order valence-corrected chi connectivity index (χ3v) is 2.54. The van der Waals surface area contributed by atoms with Crippen LogP contribution in [0.3, 0.4) is 0 Å². The summed E-state index contributed by atoms with van der Waals surface area (Å²) in [5.41, 5.74) is -0.383. The van der Waals surface area contributed by atoms with E-state index in [9.17, 15) is 4.79 Å². The number of carbonyl (C=O) groups is 1. The van der Waals surface area contributed by atoms with Crippen LogP contribution >= 0.6 is 0 Å². The quantitative estimate of drug-likeness (QED) is 0.630. The summed E-state index contributed by atoms with van der Waals surface area (Å²) in [6.45, 7) is 7.36. The lowest BCUT2D eigenvalue weighted by atomic mass is 10.2. The molecule has 2 fully saturated rings. The van der Waals surface area contributed by atoms with Crippen LogP contribution in [0, 0.1) is 0 Å². The fourth-order valence-electron chi connectivity index (χ4n) is 1.83. The molecule has 0 bridgehead atoms. The monoisotopic (exact) mass is 198 g/mol. The van der Waals surface area contributed by atoms with E-state index in [4.69, 9.17) is 4.74 Å². The van der Waals surface area contributed by atoms with Gasteiger partial charge < -0.3 is 15.0 Å². The second kappa shape index (κ2) is 3.12. The first-order valence-electron chi connectivity index (χ1n) is 5.20. The van der Waals surface area contributed by atoms with Gasteiger partial charge in [-0.1, -0.05) is 0 Å². The predicted molar refractivity (Wildman–Crippen MR) is 53.1 cm³/mol. The highest BCUT2D eigenvalue weighted by Crippen LogP contribution is 2.31. The molecule has 1 amide bonds. The van der Waals surface area contributed by atoms with Crippen LogP contribution in [0.5, 0.6) is 0 Å². The minimum absolute atomic E-state index is 0.161. The molecular weight excluding hydrogens is 180 g/mol. The summed E-state index contributed by atoms with van der Waals surface area (Å²) in [5.74, 6) is 0. The van der Waals surface area contributed by atoms with Crippen molar-refractivity contribution < 1.29 is 9.53 Å². The van der Waals surface area contributed by atoms with Gasteiger partial charge in [-0.3, -0.25) is 0 Å². The molecule has 1 aliphatic carbocycles. The lowest BCUT2D eigenvalue weighted by molar-refractivity contribution is 0.0208. The van der Waals surface area contributed by atoms with Crippen LogP contribution in [0.25, 0.3) is 0 Å². The van der Waals surface area contributed by atoms with Gasteiger partial charge in [-0.2, -0.15) is 0 Å². The molecule has 1 saturated carbocycles. The highest BCUT2D eigenvalue weighted by Gasteiger charge is 2.47. The number of nitrogens with zero attached hydrogens (tertiary/aromatic N) is 1. The minimum Gasteiger partial charge on any atom is -0.444 e. The van der Waals surface area contributed by atoms with E-state index in [1.54, 1.807) is 0 Å². The van der Waals surface area contributed by atoms with Gasteiger partial charge in [0.1, 0.15) is 5.60 Å². The van der Waals surface area contributed by atoms with E-state index in [0.717, 1.165) is 19.5 Å².